The summed E-state index contributed by atoms with van der Waals surface area (Å²) in [6.45, 7) is 1.91. The zero-order valence-corrected chi connectivity index (χ0v) is 13.8. The molecule has 6 heteroatoms. The third-order valence-electron chi connectivity index (χ3n) is 2.88. The number of thioether (sulfide) groups is 1. The molecule has 0 fully saturated rings. The van der Waals surface area contributed by atoms with E-state index in [1.165, 1.54) is 10.4 Å². The highest BCUT2D eigenvalue weighted by atomic mass is 32.2. The molecule has 0 aliphatic heterocycles. The van der Waals surface area contributed by atoms with Gasteiger partial charge in [-0.3, -0.25) is 0 Å². The average Bonchev–Trinajstić information content (AvgIpc) is 2.89. The highest BCUT2D eigenvalue weighted by Gasteiger charge is 2.12. The van der Waals surface area contributed by atoms with E-state index in [0.717, 1.165) is 21.1 Å². The van der Waals surface area contributed by atoms with E-state index in [0.29, 0.717) is 10.7 Å². The maximum atomic E-state index is 5.59. The van der Waals surface area contributed by atoms with E-state index in [9.17, 15) is 0 Å². The first-order valence-corrected chi connectivity index (χ1v) is 8.59. The van der Waals surface area contributed by atoms with Crippen LogP contribution in [-0.2, 0) is 0 Å². The van der Waals surface area contributed by atoms with E-state index in [1.54, 1.807) is 23.1 Å². The number of nitrogens with two attached hydrogens (primary N) is 1. The molecule has 2 aromatic heterocycles. The lowest BCUT2D eigenvalue weighted by molar-refractivity contribution is 1.02. The summed E-state index contributed by atoms with van der Waals surface area (Å²) in [5.74, 6) is 1.37. The molecule has 3 aromatic rings. The van der Waals surface area contributed by atoms with Crippen molar-refractivity contribution >= 4 is 50.5 Å². The number of thiophene rings is 1. The van der Waals surface area contributed by atoms with E-state index in [4.69, 9.17) is 18.0 Å². The van der Waals surface area contributed by atoms with Gasteiger partial charge in [-0.05, 0) is 18.6 Å². The summed E-state index contributed by atoms with van der Waals surface area (Å²) >= 11 is 8.20. The van der Waals surface area contributed by atoms with Gasteiger partial charge < -0.3 is 5.73 Å². The first-order valence-electron chi connectivity index (χ1n) is 6.38. The Morgan fingerprint density at radius 1 is 1.29 bits per heavy atom. The van der Waals surface area contributed by atoms with Gasteiger partial charge in [0.2, 0.25) is 0 Å². The second-order valence-electron chi connectivity index (χ2n) is 4.53. The number of aryl methyl sites for hydroxylation is 1. The molecule has 0 spiro atoms. The van der Waals surface area contributed by atoms with E-state index in [1.807, 2.05) is 25.1 Å². The minimum Gasteiger partial charge on any atom is -0.393 e. The standard InChI is InChI=1S/C15H13N3S3/c1-9-17-14(20-8-13(16)19)11-7-12(21-15(11)18-9)10-5-3-2-4-6-10/h2-7H,8H2,1H3,(H2,16,19). The van der Waals surface area contributed by atoms with Gasteiger partial charge in [-0.2, -0.15) is 0 Å². The largest absolute Gasteiger partial charge is 0.393 e. The van der Waals surface area contributed by atoms with Crippen molar-refractivity contribution in [2.45, 2.75) is 11.9 Å². The van der Waals surface area contributed by atoms with Crippen LogP contribution in [0.1, 0.15) is 5.82 Å². The molecule has 21 heavy (non-hydrogen) atoms. The highest BCUT2D eigenvalue weighted by Crippen LogP contribution is 2.36. The van der Waals surface area contributed by atoms with Gasteiger partial charge in [-0.25, -0.2) is 9.97 Å². The molecule has 3 rings (SSSR count). The molecule has 0 unspecified atom stereocenters. The van der Waals surface area contributed by atoms with Crippen molar-refractivity contribution in [3.05, 3.63) is 42.2 Å². The molecule has 3 nitrogen and oxygen atoms in total. The van der Waals surface area contributed by atoms with Crippen molar-refractivity contribution < 1.29 is 0 Å². The minimum absolute atomic E-state index is 0.489. The third kappa shape index (κ3) is 3.23. The lowest BCUT2D eigenvalue weighted by atomic mass is 10.2. The van der Waals surface area contributed by atoms with Gasteiger partial charge in [-0.1, -0.05) is 54.3 Å². The summed E-state index contributed by atoms with van der Waals surface area (Å²) in [7, 11) is 0. The van der Waals surface area contributed by atoms with Crippen LogP contribution in [0.5, 0.6) is 0 Å². The lowest BCUT2D eigenvalue weighted by Crippen LogP contribution is -2.10. The SMILES string of the molecule is Cc1nc(SCC(N)=S)c2cc(-c3ccccc3)sc2n1. The Morgan fingerprint density at radius 3 is 2.76 bits per heavy atom. The molecule has 0 saturated carbocycles. The summed E-state index contributed by atoms with van der Waals surface area (Å²) < 4.78 is 0. The number of thiocarbonyl (C=S) groups is 1. The fourth-order valence-electron chi connectivity index (χ4n) is 1.99. The fourth-order valence-corrected chi connectivity index (χ4v) is 4.10. The predicted octanol–water partition coefficient (Wildman–Crippen LogP) is 4.04. The van der Waals surface area contributed by atoms with Crippen LogP contribution in [0.3, 0.4) is 0 Å². The van der Waals surface area contributed by atoms with Crippen LogP contribution < -0.4 is 5.73 Å². The molecule has 2 heterocycles. The van der Waals surface area contributed by atoms with Crippen LogP contribution in [0.25, 0.3) is 20.7 Å². The van der Waals surface area contributed by atoms with E-state index in [2.05, 4.69) is 28.2 Å². The average molecular weight is 331 g/mol. The smallest absolute Gasteiger partial charge is 0.128 e. The number of nitrogens with zero attached hydrogens (tertiary/aromatic N) is 2. The van der Waals surface area contributed by atoms with Crippen LogP contribution in [0.2, 0.25) is 0 Å². The Hall–Kier alpha value is -1.50. The molecule has 0 aliphatic rings. The quantitative estimate of drug-likeness (QED) is 0.444. The van der Waals surface area contributed by atoms with Crippen molar-refractivity contribution in [3.63, 3.8) is 0 Å². The lowest BCUT2D eigenvalue weighted by Gasteiger charge is -2.02. The zero-order chi connectivity index (χ0) is 14.8. The Balaban J connectivity index is 2.08. The first kappa shape index (κ1) is 14.4. The summed E-state index contributed by atoms with van der Waals surface area (Å²) in [6, 6.07) is 12.5. The van der Waals surface area contributed by atoms with Crippen LogP contribution in [0.4, 0.5) is 0 Å². The van der Waals surface area contributed by atoms with Gasteiger partial charge in [0.15, 0.2) is 0 Å². The number of fused-ring (bicyclic) bond motifs is 1. The Bertz CT molecular complexity index is 797. The monoisotopic (exact) mass is 331 g/mol. The van der Waals surface area contributed by atoms with E-state index < -0.39 is 0 Å². The number of benzene rings is 1. The number of hydrogen-bond donors (Lipinski definition) is 1. The molecule has 0 radical (unpaired) electrons. The normalized spacial score (nSPS) is 10.9. The fraction of sp³-hybridized carbons (Fsp3) is 0.133. The van der Waals surface area contributed by atoms with Crippen LogP contribution >= 0.6 is 35.3 Å². The maximum absolute atomic E-state index is 5.59. The highest BCUT2D eigenvalue weighted by molar-refractivity contribution is 8.01. The van der Waals surface area contributed by atoms with Gasteiger partial charge in [-0.15, -0.1) is 11.3 Å². The maximum Gasteiger partial charge on any atom is 0.128 e. The third-order valence-corrected chi connectivity index (χ3v) is 5.32. The first-order chi connectivity index (χ1) is 10.1. The topological polar surface area (TPSA) is 51.8 Å². The Labute approximate surface area is 136 Å². The van der Waals surface area contributed by atoms with Crippen LogP contribution in [-0.4, -0.2) is 20.7 Å². The van der Waals surface area contributed by atoms with Crippen LogP contribution in [0, 0.1) is 6.92 Å². The molecule has 106 valence electrons. The summed E-state index contributed by atoms with van der Waals surface area (Å²) in [4.78, 5) is 11.8. The Morgan fingerprint density at radius 2 is 2.05 bits per heavy atom. The van der Waals surface area contributed by atoms with Gasteiger partial charge in [0, 0.05) is 16.0 Å². The molecule has 0 atom stereocenters. The number of hydrogen-bond acceptors (Lipinski definition) is 5. The summed E-state index contributed by atoms with van der Waals surface area (Å²) in [5, 5.41) is 2.02. The number of aromatic nitrogens is 2. The van der Waals surface area contributed by atoms with Crippen LogP contribution in [0.15, 0.2) is 41.4 Å². The molecular formula is C15H13N3S3. The van der Waals surface area contributed by atoms with Gasteiger partial charge in [0.05, 0.1) is 4.99 Å². The molecule has 0 saturated heterocycles. The summed E-state index contributed by atoms with van der Waals surface area (Å²) in [6.07, 6.45) is 0. The minimum atomic E-state index is 0.489. The van der Waals surface area contributed by atoms with Crippen molar-refractivity contribution in [1.29, 1.82) is 0 Å². The van der Waals surface area contributed by atoms with Gasteiger partial charge in [0.25, 0.3) is 0 Å². The van der Waals surface area contributed by atoms with Crippen molar-refractivity contribution in [2.24, 2.45) is 5.73 Å². The van der Waals surface area contributed by atoms with Crippen molar-refractivity contribution in [3.8, 4) is 10.4 Å². The zero-order valence-electron chi connectivity index (χ0n) is 11.4. The van der Waals surface area contributed by atoms with Gasteiger partial charge >= 0.3 is 0 Å². The van der Waals surface area contributed by atoms with Crippen molar-refractivity contribution in [2.75, 3.05) is 5.75 Å². The second kappa shape index (κ2) is 6.09. The van der Waals surface area contributed by atoms with E-state index in [-0.39, 0.29) is 0 Å². The molecule has 2 N–H and O–H groups in total. The Kier molecular flexibility index (Phi) is 4.19. The van der Waals surface area contributed by atoms with Crippen molar-refractivity contribution in [1.82, 2.24) is 9.97 Å². The van der Waals surface area contributed by atoms with Gasteiger partial charge in [0.1, 0.15) is 15.7 Å². The molecule has 1 aromatic carbocycles. The molecule has 0 aliphatic carbocycles. The second-order valence-corrected chi connectivity index (χ2v) is 7.05. The predicted molar refractivity (Wildman–Crippen MR) is 95.1 cm³/mol. The molecular weight excluding hydrogens is 318 g/mol. The molecule has 0 amide bonds. The number of rotatable bonds is 4. The summed E-state index contributed by atoms with van der Waals surface area (Å²) in [5.41, 5.74) is 6.79. The van der Waals surface area contributed by atoms with E-state index >= 15 is 0 Å². The molecule has 0 bridgehead atoms.